The van der Waals surface area contributed by atoms with Gasteiger partial charge < -0.3 is 10.1 Å². The molecule has 0 unspecified atom stereocenters. The highest BCUT2D eigenvalue weighted by Crippen LogP contribution is 2.12. The fourth-order valence-electron chi connectivity index (χ4n) is 1.22. The van der Waals surface area contributed by atoms with E-state index in [1.165, 1.54) is 24.3 Å². The van der Waals surface area contributed by atoms with Gasteiger partial charge in [-0.05, 0) is 37.1 Å². The van der Waals surface area contributed by atoms with Gasteiger partial charge >= 0.3 is 0 Å². The second-order valence-corrected chi connectivity index (χ2v) is 4.35. The molecular weight excluding hydrogens is 221 g/mol. The number of hydrogen-bond donors (Lipinski definition) is 1. The van der Waals surface area contributed by atoms with Crippen LogP contribution in [0.2, 0.25) is 0 Å². The third kappa shape index (κ3) is 4.85. The van der Waals surface area contributed by atoms with E-state index in [0.29, 0.717) is 18.2 Å². The summed E-state index contributed by atoms with van der Waals surface area (Å²) in [4.78, 5) is 11.6. The molecule has 0 radical (unpaired) electrons. The third-order valence-electron chi connectivity index (χ3n) is 2.18. The Hall–Kier alpha value is -1.58. The van der Waals surface area contributed by atoms with E-state index >= 15 is 0 Å². The number of ether oxygens (including phenoxy) is 1. The van der Waals surface area contributed by atoms with Gasteiger partial charge in [-0.1, -0.05) is 13.8 Å². The maximum Gasteiger partial charge on any atom is 0.260 e. The number of amides is 1. The summed E-state index contributed by atoms with van der Waals surface area (Å²) in [7, 11) is 0. The molecule has 1 N–H and O–H groups in total. The Labute approximate surface area is 101 Å². The van der Waals surface area contributed by atoms with Gasteiger partial charge in [-0.15, -0.1) is 0 Å². The summed E-state index contributed by atoms with van der Waals surface area (Å²) in [6.45, 7) is 6.33. The third-order valence-corrected chi connectivity index (χ3v) is 2.18. The number of halogens is 1. The number of carbonyl (C=O) groups excluding carboxylic acids is 1. The van der Waals surface area contributed by atoms with E-state index in [1.807, 2.05) is 13.8 Å². The van der Waals surface area contributed by atoms with Gasteiger partial charge in [-0.25, -0.2) is 4.39 Å². The van der Waals surface area contributed by atoms with Crippen molar-refractivity contribution < 1.29 is 13.9 Å². The second-order valence-electron chi connectivity index (χ2n) is 4.35. The lowest BCUT2D eigenvalue weighted by Gasteiger charge is -2.15. The van der Waals surface area contributed by atoms with Crippen LogP contribution < -0.4 is 10.1 Å². The average molecular weight is 239 g/mol. The normalized spacial score (nSPS) is 12.3. The lowest BCUT2D eigenvalue weighted by molar-refractivity contribution is -0.127. The smallest absolute Gasteiger partial charge is 0.260 e. The molecule has 0 aliphatic carbocycles. The lowest BCUT2D eigenvalue weighted by Crippen LogP contribution is -2.38. The highest BCUT2D eigenvalue weighted by atomic mass is 19.1. The number of hydrogen-bond acceptors (Lipinski definition) is 2. The molecule has 1 aromatic carbocycles. The van der Waals surface area contributed by atoms with Crippen molar-refractivity contribution in [3.63, 3.8) is 0 Å². The van der Waals surface area contributed by atoms with E-state index in [4.69, 9.17) is 4.74 Å². The molecule has 1 aromatic rings. The van der Waals surface area contributed by atoms with Crippen LogP contribution in [0.1, 0.15) is 20.8 Å². The Balaban J connectivity index is 2.45. The quantitative estimate of drug-likeness (QED) is 0.856. The summed E-state index contributed by atoms with van der Waals surface area (Å²) in [5.41, 5.74) is 0. The predicted molar refractivity (Wildman–Crippen MR) is 64.3 cm³/mol. The van der Waals surface area contributed by atoms with Gasteiger partial charge in [0.05, 0.1) is 0 Å². The molecule has 0 fully saturated rings. The van der Waals surface area contributed by atoms with E-state index in [2.05, 4.69) is 5.32 Å². The number of nitrogens with one attached hydrogen (secondary N) is 1. The van der Waals surface area contributed by atoms with E-state index in [0.717, 1.165) is 0 Å². The Bertz CT molecular complexity index is 362. The van der Waals surface area contributed by atoms with E-state index in [9.17, 15) is 9.18 Å². The summed E-state index contributed by atoms with van der Waals surface area (Å²) in [5, 5.41) is 2.78. The first-order valence-corrected chi connectivity index (χ1v) is 5.69. The van der Waals surface area contributed by atoms with Crippen LogP contribution in [0.5, 0.6) is 5.75 Å². The van der Waals surface area contributed by atoms with Gasteiger partial charge in [0, 0.05) is 6.54 Å². The monoisotopic (exact) mass is 239 g/mol. The van der Waals surface area contributed by atoms with Gasteiger partial charge in [-0.2, -0.15) is 0 Å². The van der Waals surface area contributed by atoms with Crippen molar-refractivity contribution >= 4 is 5.91 Å². The summed E-state index contributed by atoms with van der Waals surface area (Å²) in [6.07, 6.45) is -0.584. The zero-order valence-electron chi connectivity index (χ0n) is 10.4. The van der Waals surface area contributed by atoms with Crippen LogP contribution in [0, 0.1) is 11.7 Å². The van der Waals surface area contributed by atoms with Crippen LogP contribution in [0.3, 0.4) is 0 Å². The largest absolute Gasteiger partial charge is 0.481 e. The average Bonchev–Trinajstić information content (AvgIpc) is 2.28. The van der Waals surface area contributed by atoms with Crippen molar-refractivity contribution in [3.05, 3.63) is 30.1 Å². The molecule has 0 saturated heterocycles. The maximum absolute atomic E-state index is 12.7. The van der Waals surface area contributed by atoms with Gasteiger partial charge in [-0.3, -0.25) is 4.79 Å². The minimum atomic E-state index is -0.584. The molecule has 17 heavy (non-hydrogen) atoms. The molecule has 1 rings (SSSR count). The predicted octanol–water partition coefficient (Wildman–Crippen LogP) is 2.37. The maximum atomic E-state index is 12.7. The SMILES string of the molecule is CC(C)CNC(=O)[C@H](C)Oc1ccc(F)cc1. The highest BCUT2D eigenvalue weighted by Gasteiger charge is 2.14. The van der Waals surface area contributed by atoms with E-state index in [-0.39, 0.29) is 11.7 Å². The molecule has 0 saturated carbocycles. The van der Waals surface area contributed by atoms with Crippen LogP contribution in [0.15, 0.2) is 24.3 Å². The van der Waals surface area contributed by atoms with Gasteiger partial charge in [0.2, 0.25) is 0 Å². The van der Waals surface area contributed by atoms with Crippen LogP contribution in [0.4, 0.5) is 4.39 Å². The molecule has 0 heterocycles. The van der Waals surface area contributed by atoms with Crippen molar-refractivity contribution in [1.82, 2.24) is 5.32 Å². The molecule has 0 aromatic heterocycles. The molecule has 0 aliphatic heterocycles. The Morgan fingerprint density at radius 1 is 1.29 bits per heavy atom. The minimum absolute atomic E-state index is 0.164. The molecule has 0 spiro atoms. The summed E-state index contributed by atoms with van der Waals surface area (Å²) in [5.74, 6) is 0.396. The van der Waals surface area contributed by atoms with Crippen molar-refractivity contribution in [2.75, 3.05) is 6.54 Å². The number of rotatable bonds is 5. The zero-order chi connectivity index (χ0) is 12.8. The van der Waals surface area contributed by atoms with Crippen molar-refractivity contribution in [1.29, 1.82) is 0 Å². The first-order chi connectivity index (χ1) is 7.99. The fourth-order valence-corrected chi connectivity index (χ4v) is 1.22. The van der Waals surface area contributed by atoms with E-state index in [1.54, 1.807) is 6.92 Å². The van der Waals surface area contributed by atoms with E-state index < -0.39 is 6.10 Å². The zero-order valence-corrected chi connectivity index (χ0v) is 10.4. The van der Waals surface area contributed by atoms with Gasteiger partial charge in [0.25, 0.3) is 5.91 Å². The van der Waals surface area contributed by atoms with Crippen LogP contribution in [0.25, 0.3) is 0 Å². The molecule has 1 amide bonds. The molecule has 94 valence electrons. The fraction of sp³-hybridized carbons (Fsp3) is 0.462. The number of benzene rings is 1. The second kappa shape index (κ2) is 6.23. The molecule has 0 aliphatic rings. The lowest BCUT2D eigenvalue weighted by atomic mass is 10.2. The van der Waals surface area contributed by atoms with Crippen molar-refractivity contribution in [2.24, 2.45) is 5.92 Å². The first-order valence-electron chi connectivity index (χ1n) is 5.69. The van der Waals surface area contributed by atoms with Crippen LogP contribution in [-0.2, 0) is 4.79 Å². The van der Waals surface area contributed by atoms with Gasteiger partial charge in [0.15, 0.2) is 6.10 Å². The molecular formula is C13H18FNO2. The Kier molecular flexibility index (Phi) is 4.94. The standard InChI is InChI=1S/C13H18FNO2/c1-9(2)8-15-13(16)10(3)17-12-6-4-11(14)5-7-12/h4-7,9-10H,8H2,1-3H3,(H,15,16)/t10-/m0/s1. The van der Waals surface area contributed by atoms with Crippen molar-refractivity contribution in [3.8, 4) is 5.75 Å². The molecule has 3 nitrogen and oxygen atoms in total. The topological polar surface area (TPSA) is 38.3 Å². The molecule has 0 bridgehead atoms. The minimum Gasteiger partial charge on any atom is -0.481 e. The summed E-state index contributed by atoms with van der Waals surface area (Å²) < 4.78 is 18.0. The molecule has 1 atom stereocenters. The van der Waals surface area contributed by atoms with Crippen LogP contribution in [-0.4, -0.2) is 18.6 Å². The van der Waals surface area contributed by atoms with Gasteiger partial charge in [0.1, 0.15) is 11.6 Å². The Morgan fingerprint density at radius 3 is 2.41 bits per heavy atom. The van der Waals surface area contributed by atoms with Crippen LogP contribution >= 0.6 is 0 Å². The summed E-state index contributed by atoms with van der Waals surface area (Å²) in [6, 6.07) is 5.60. The highest BCUT2D eigenvalue weighted by molar-refractivity contribution is 5.80. The molecule has 4 heteroatoms. The summed E-state index contributed by atoms with van der Waals surface area (Å²) >= 11 is 0. The Morgan fingerprint density at radius 2 is 1.88 bits per heavy atom. The number of carbonyl (C=O) groups is 1. The first kappa shape index (κ1) is 13.5. The van der Waals surface area contributed by atoms with Crippen molar-refractivity contribution in [2.45, 2.75) is 26.9 Å².